The first-order valence-electron chi connectivity index (χ1n) is 9.12. The summed E-state index contributed by atoms with van der Waals surface area (Å²) in [5, 5.41) is 2.78. The second kappa shape index (κ2) is 8.38. The molecule has 1 aliphatic rings. The van der Waals surface area contributed by atoms with E-state index in [2.05, 4.69) is 5.32 Å². The van der Waals surface area contributed by atoms with E-state index in [0.29, 0.717) is 24.2 Å². The van der Waals surface area contributed by atoms with E-state index < -0.39 is 16.0 Å². The van der Waals surface area contributed by atoms with Gasteiger partial charge in [-0.25, -0.2) is 4.39 Å². The smallest absolute Gasteiger partial charge is 0.282 e. The quantitative estimate of drug-likeness (QED) is 0.832. The van der Waals surface area contributed by atoms with E-state index in [0.717, 1.165) is 11.1 Å². The average molecular weight is 405 g/mol. The number of nitrogens with zero attached hydrogens (tertiary/aromatic N) is 2. The van der Waals surface area contributed by atoms with Crippen molar-refractivity contribution in [2.75, 3.05) is 25.0 Å². The molecule has 0 aromatic heterocycles. The monoisotopic (exact) mass is 405 g/mol. The minimum Gasteiger partial charge on any atom is -0.325 e. The molecule has 0 spiro atoms. The molecule has 8 heteroatoms. The number of nitrogens with one attached hydrogen (secondary N) is 1. The number of aryl methyl sites for hydroxylation is 2. The van der Waals surface area contributed by atoms with Crippen molar-refractivity contribution in [1.82, 2.24) is 8.61 Å². The molecule has 6 nitrogen and oxygen atoms in total. The maximum Gasteiger partial charge on any atom is 0.282 e. The lowest BCUT2D eigenvalue weighted by Gasteiger charge is -2.34. The topological polar surface area (TPSA) is 69.7 Å². The van der Waals surface area contributed by atoms with Crippen LogP contribution in [0.1, 0.15) is 23.1 Å². The Morgan fingerprint density at radius 1 is 1.11 bits per heavy atom. The fourth-order valence-corrected chi connectivity index (χ4v) is 4.92. The molecule has 150 valence electrons. The summed E-state index contributed by atoms with van der Waals surface area (Å²) in [6.07, 6.45) is 0.603. The number of amides is 1. The number of hydrogen-bond acceptors (Lipinski definition) is 3. The molecule has 0 atom stereocenters. The molecule has 0 radical (unpaired) electrons. The zero-order valence-corrected chi connectivity index (χ0v) is 16.8. The van der Waals surface area contributed by atoms with Gasteiger partial charge in [0.15, 0.2) is 0 Å². The van der Waals surface area contributed by atoms with Crippen LogP contribution in [0.2, 0.25) is 0 Å². The molecule has 1 amide bonds. The number of carbonyl (C=O) groups is 1. The third-order valence-electron chi connectivity index (χ3n) is 4.69. The third-order valence-corrected chi connectivity index (χ3v) is 6.62. The van der Waals surface area contributed by atoms with Crippen LogP contribution < -0.4 is 5.32 Å². The van der Waals surface area contributed by atoms with Crippen molar-refractivity contribution >= 4 is 21.8 Å². The predicted molar refractivity (Wildman–Crippen MR) is 106 cm³/mol. The molecule has 0 saturated carbocycles. The van der Waals surface area contributed by atoms with Gasteiger partial charge >= 0.3 is 0 Å². The zero-order valence-electron chi connectivity index (χ0n) is 16.0. The third kappa shape index (κ3) is 4.76. The highest BCUT2D eigenvalue weighted by Gasteiger charge is 2.34. The van der Waals surface area contributed by atoms with Gasteiger partial charge in [-0.1, -0.05) is 29.8 Å². The molecule has 28 heavy (non-hydrogen) atoms. The molecule has 1 fully saturated rings. The van der Waals surface area contributed by atoms with Crippen molar-refractivity contribution in [3.63, 3.8) is 0 Å². The van der Waals surface area contributed by atoms with Crippen LogP contribution in [0.25, 0.3) is 0 Å². The molecular formula is C20H24FN3O3S. The summed E-state index contributed by atoms with van der Waals surface area (Å²) in [5.41, 5.74) is 3.25. The summed E-state index contributed by atoms with van der Waals surface area (Å²) in [6.45, 7) is 4.30. The highest BCUT2D eigenvalue weighted by Crippen LogP contribution is 2.20. The Morgan fingerprint density at radius 3 is 2.57 bits per heavy atom. The molecule has 3 rings (SSSR count). The Labute approximate surface area is 165 Å². The summed E-state index contributed by atoms with van der Waals surface area (Å²) < 4.78 is 41.6. The van der Waals surface area contributed by atoms with Crippen molar-refractivity contribution in [3.05, 3.63) is 65.0 Å². The van der Waals surface area contributed by atoms with Crippen LogP contribution >= 0.6 is 0 Å². The van der Waals surface area contributed by atoms with Gasteiger partial charge in [-0.3, -0.25) is 4.79 Å². The number of rotatable bonds is 5. The minimum atomic E-state index is -3.80. The van der Waals surface area contributed by atoms with Crippen molar-refractivity contribution in [3.8, 4) is 0 Å². The van der Waals surface area contributed by atoms with Gasteiger partial charge in [0.2, 0.25) is 5.91 Å². The van der Waals surface area contributed by atoms with E-state index in [1.807, 2.05) is 32.0 Å². The Bertz CT molecular complexity index is 978. The number of hydrogen-bond donors (Lipinski definition) is 1. The van der Waals surface area contributed by atoms with Crippen LogP contribution in [0, 0.1) is 19.7 Å². The maximum atomic E-state index is 13.4. The lowest BCUT2D eigenvalue weighted by Crippen LogP contribution is -2.51. The van der Waals surface area contributed by atoms with Crippen molar-refractivity contribution in [2.24, 2.45) is 0 Å². The lowest BCUT2D eigenvalue weighted by atomic mass is 10.1. The standard InChI is InChI=1S/C20H24FN3O3S/c1-15-7-8-19(16(2)11-15)22-20(25)14-24-10-4-9-23(28(24,26)27)13-17-5-3-6-18(21)12-17/h3,5-8,11-12H,4,9-10,13-14H2,1-2H3,(H,22,25). The Balaban J connectivity index is 1.68. The SMILES string of the molecule is Cc1ccc(NC(=O)CN2CCCN(Cc3cccc(F)c3)S2(=O)=O)c(C)c1. The first-order chi connectivity index (χ1) is 13.3. The second-order valence-corrected chi connectivity index (χ2v) is 8.95. The van der Waals surface area contributed by atoms with Crippen LogP contribution in [0.4, 0.5) is 10.1 Å². The largest absolute Gasteiger partial charge is 0.325 e. The molecule has 1 saturated heterocycles. The number of carbonyl (C=O) groups excluding carboxylic acids is 1. The average Bonchev–Trinajstić information content (AvgIpc) is 2.61. The first kappa shape index (κ1) is 20.4. The molecule has 2 aromatic carbocycles. The van der Waals surface area contributed by atoms with E-state index in [1.54, 1.807) is 12.1 Å². The molecule has 2 aromatic rings. The van der Waals surface area contributed by atoms with E-state index in [9.17, 15) is 17.6 Å². The Kier molecular flexibility index (Phi) is 6.12. The van der Waals surface area contributed by atoms with E-state index in [4.69, 9.17) is 0 Å². The maximum absolute atomic E-state index is 13.4. The molecule has 0 bridgehead atoms. The van der Waals surface area contributed by atoms with Gasteiger partial charge in [0, 0.05) is 25.3 Å². The van der Waals surface area contributed by atoms with Crippen LogP contribution in [-0.4, -0.2) is 42.6 Å². The molecule has 1 aliphatic heterocycles. The van der Waals surface area contributed by atoms with Gasteiger partial charge in [0.05, 0.1) is 6.54 Å². The van der Waals surface area contributed by atoms with Crippen molar-refractivity contribution < 1.29 is 17.6 Å². The van der Waals surface area contributed by atoms with Crippen LogP contribution in [-0.2, 0) is 21.5 Å². The normalized spacial score (nSPS) is 17.4. The molecule has 1 N–H and O–H groups in total. The zero-order chi connectivity index (χ0) is 20.3. The molecular weight excluding hydrogens is 381 g/mol. The van der Waals surface area contributed by atoms with Gasteiger partial charge < -0.3 is 5.32 Å². The summed E-state index contributed by atoms with van der Waals surface area (Å²) >= 11 is 0. The predicted octanol–water partition coefficient (Wildman–Crippen LogP) is 2.83. The van der Waals surface area contributed by atoms with Gasteiger partial charge in [0.1, 0.15) is 5.82 Å². The van der Waals surface area contributed by atoms with Gasteiger partial charge in [-0.15, -0.1) is 0 Å². The van der Waals surface area contributed by atoms with Crippen LogP contribution in [0.15, 0.2) is 42.5 Å². The molecule has 1 heterocycles. The highest BCUT2D eigenvalue weighted by atomic mass is 32.2. The van der Waals surface area contributed by atoms with E-state index in [1.165, 1.54) is 20.7 Å². The first-order valence-corrected chi connectivity index (χ1v) is 10.5. The number of benzene rings is 2. The van der Waals surface area contributed by atoms with Gasteiger partial charge in [-0.05, 0) is 49.6 Å². The van der Waals surface area contributed by atoms with Gasteiger partial charge in [-0.2, -0.15) is 17.0 Å². The summed E-state index contributed by atoms with van der Waals surface area (Å²) in [7, 11) is -3.80. The molecule has 0 aliphatic carbocycles. The summed E-state index contributed by atoms with van der Waals surface area (Å²) in [4.78, 5) is 12.4. The van der Waals surface area contributed by atoms with Crippen LogP contribution in [0.3, 0.4) is 0 Å². The summed E-state index contributed by atoms with van der Waals surface area (Å²) in [6, 6.07) is 11.5. The van der Waals surface area contributed by atoms with Gasteiger partial charge in [0.25, 0.3) is 10.2 Å². The van der Waals surface area contributed by atoms with E-state index in [-0.39, 0.29) is 25.5 Å². The lowest BCUT2D eigenvalue weighted by molar-refractivity contribution is -0.116. The minimum absolute atomic E-state index is 0.0787. The Morgan fingerprint density at radius 2 is 1.86 bits per heavy atom. The number of halogens is 1. The van der Waals surface area contributed by atoms with Crippen molar-refractivity contribution in [2.45, 2.75) is 26.8 Å². The number of anilines is 1. The Hall–Kier alpha value is -2.29. The van der Waals surface area contributed by atoms with E-state index >= 15 is 0 Å². The molecule has 0 unspecified atom stereocenters. The summed E-state index contributed by atoms with van der Waals surface area (Å²) in [5.74, 6) is -0.792. The second-order valence-electron chi connectivity index (χ2n) is 7.02. The highest BCUT2D eigenvalue weighted by molar-refractivity contribution is 7.86. The fraction of sp³-hybridized carbons (Fsp3) is 0.350. The fourth-order valence-electron chi connectivity index (χ4n) is 3.28. The van der Waals surface area contributed by atoms with Crippen LogP contribution in [0.5, 0.6) is 0 Å². The van der Waals surface area contributed by atoms with Crippen molar-refractivity contribution in [1.29, 1.82) is 0 Å².